The lowest BCUT2D eigenvalue weighted by atomic mass is 10.4. The van der Waals surface area contributed by atoms with Crippen molar-refractivity contribution >= 4 is 16.9 Å². The predicted molar refractivity (Wildman–Crippen MR) is 65.8 cm³/mol. The number of hydrogen-bond donors (Lipinski definition) is 2. The van der Waals surface area contributed by atoms with E-state index < -0.39 is 0 Å². The predicted octanol–water partition coefficient (Wildman–Crippen LogP) is 1.36. The Bertz CT molecular complexity index is 507. The molecular formula is C11H15N5O. The summed E-state index contributed by atoms with van der Waals surface area (Å²) in [6.07, 6.45) is 3.20. The molecule has 2 aromatic rings. The molecule has 0 bridgehead atoms. The van der Waals surface area contributed by atoms with Gasteiger partial charge in [0, 0.05) is 6.54 Å². The van der Waals surface area contributed by atoms with E-state index in [4.69, 9.17) is 4.74 Å². The summed E-state index contributed by atoms with van der Waals surface area (Å²) in [7, 11) is 0. The number of aromatic nitrogens is 4. The van der Waals surface area contributed by atoms with Crippen LogP contribution in [0.1, 0.15) is 6.92 Å². The van der Waals surface area contributed by atoms with Crippen LogP contribution in [0.2, 0.25) is 0 Å². The fraction of sp³-hybridized carbons (Fsp3) is 0.364. The molecule has 2 heterocycles. The Morgan fingerprint density at radius 2 is 2.41 bits per heavy atom. The molecule has 0 saturated carbocycles. The van der Waals surface area contributed by atoms with Gasteiger partial charge in [-0.05, 0) is 6.92 Å². The zero-order valence-electron chi connectivity index (χ0n) is 9.73. The van der Waals surface area contributed by atoms with Gasteiger partial charge in [-0.3, -0.25) is 5.10 Å². The summed E-state index contributed by atoms with van der Waals surface area (Å²) in [4.78, 5) is 8.21. The Morgan fingerprint density at radius 3 is 3.24 bits per heavy atom. The van der Waals surface area contributed by atoms with Crippen molar-refractivity contribution in [3.8, 4) is 0 Å². The van der Waals surface area contributed by atoms with Crippen LogP contribution in [-0.2, 0) is 4.74 Å². The van der Waals surface area contributed by atoms with Crippen LogP contribution in [-0.4, -0.2) is 39.9 Å². The molecular weight excluding hydrogens is 218 g/mol. The number of anilines is 1. The molecule has 0 aliphatic carbocycles. The summed E-state index contributed by atoms with van der Waals surface area (Å²) in [6, 6.07) is 0. The van der Waals surface area contributed by atoms with Gasteiger partial charge in [-0.25, -0.2) is 9.97 Å². The zero-order valence-corrected chi connectivity index (χ0v) is 9.73. The van der Waals surface area contributed by atoms with Gasteiger partial charge in [0.05, 0.1) is 24.8 Å². The Balaban J connectivity index is 1.86. The van der Waals surface area contributed by atoms with Crippen LogP contribution in [0.4, 0.5) is 5.82 Å². The SMILES string of the molecule is C=C(C)COCCNc1ncnc2[nH]ncc12. The summed E-state index contributed by atoms with van der Waals surface area (Å²) in [6.45, 7) is 7.59. The molecule has 6 nitrogen and oxygen atoms in total. The Labute approximate surface area is 99.1 Å². The minimum absolute atomic E-state index is 0.590. The number of H-pyrrole nitrogens is 1. The summed E-state index contributed by atoms with van der Waals surface area (Å²) in [5, 5.41) is 10.8. The molecule has 2 rings (SSSR count). The third kappa shape index (κ3) is 3.01. The number of nitrogens with zero attached hydrogens (tertiary/aromatic N) is 3. The molecule has 0 aliphatic rings. The van der Waals surface area contributed by atoms with Gasteiger partial charge >= 0.3 is 0 Å². The Kier molecular flexibility index (Phi) is 3.66. The monoisotopic (exact) mass is 233 g/mol. The summed E-state index contributed by atoms with van der Waals surface area (Å²) in [5.74, 6) is 0.766. The minimum Gasteiger partial charge on any atom is -0.375 e. The van der Waals surface area contributed by atoms with E-state index in [1.165, 1.54) is 6.33 Å². The lowest BCUT2D eigenvalue weighted by molar-refractivity contribution is 0.167. The van der Waals surface area contributed by atoms with Crippen LogP contribution in [0.3, 0.4) is 0 Å². The van der Waals surface area contributed by atoms with E-state index in [0.29, 0.717) is 19.8 Å². The minimum atomic E-state index is 0.590. The highest BCUT2D eigenvalue weighted by molar-refractivity contribution is 5.85. The van der Waals surface area contributed by atoms with Gasteiger partial charge in [-0.2, -0.15) is 5.10 Å². The number of hydrogen-bond acceptors (Lipinski definition) is 5. The fourth-order valence-electron chi connectivity index (χ4n) is 1.39. The molecule has 90 valence electrons. The first kappa shape index (κ1) is 11.5. The molecule has 0 amide bonds. The van der Waals surface area contributed by atoms with Crippen molar-refractivity contribution in [1.82, 2.24) is 20.2 Å². The van der Waals surface area contributed by atoms with Crippen molar-refractivity contribution in [2.75, 3.05) is 25.1 Å². The molecule has 0 aromatic carbocycles. The molecule has 0 saturated heterocycles. The largest absolute Gasteiger partial charge is 0.375 e. The average molecular weight is 233 g/mol. The van der Waals surface area contributed by atoms with Gasteiger partial charge in [0.2, 0.25) is 0 Å². The van der Waals surface area contributed by atoms with Crippen LogP contribution in [0, 0.1) is 0 Å². The quantitative estimate of drug-likeness (QED) is 0.582. The summed E-state index contributed by atoms with van der Waals surface area (Å²) < 4.78 is 5.38. The summed E-state index contributed by atoms with van der Waals surface area (Å²) >= 11 is 0. The molecule has 6 heteroatoms. The fourth-order valence-corrected chi connectivity index (χ4v) is 1.39. The molecule has 0 spiro atoms. The van der Waals surface area contributed by atoms with Crippen molar-refractivity contribution in [2.24, 2.45) is 0 Å². The molecule has 2 aromatic heterocycles. The number of aromatic amines is 1. The van der Waals surface area contributed by atoms with Crippen molar-refractivity contribution in [2.45, 2.75) is 6.92 Å². The molecule has 17 heavy (non-hydrogen) atoms. The first-order chi connectivity index (χ1) is 8.27. The standard InChI is InChI=1S/C11H15N5O/c1-8(2)6-17-4-3-12-10-9-5-15-16-11(9)14-7-13-10/h5,7H,1,3-4,6H2,2H3,(H2,12,13,14,15,16). The van der Waals surface area contributed by atoms with Gasteiger partial charge in [-0.15, -0.1) is 0 Å². The van der Waals surface area contributed by atoms with Gasteiger partial charge in [0.1, 0.15) is 12.1 Å². The highest BCUT2D eigenvalue weighted by Crippen LogP contribution is 2.15. The lowest BCUT2D eigenvalue weighted by Crippen LogP contribution is -2.11. The first-order valence-electron chi connectivity index (χ1n) is 5.37. The van der Waals surface area contributed by atoms with Crippen molar-refractivity contribution in [3.63, 3.8) is 0 Å². The molecule has 0 aliphatic heterocycles. The van der Waals surface area contributed by atoms with Crippen molar-refractivity contribution in [3.05, 3.63) is 24.7 Å². The maximum Gasteiger partial charge on any atom is 0.160 e. The second-order valence-electron chi connectivity index (χ2n) is 3.79. The number of ether oxygens (including phenoxy) is 1. The van der Waals surface area contributed by atoms with Crippen molar-refractivity contribution < 1.29 is 4.74 Å². The number of fused-ring (bicyclic) bond motifs is 1. The lowest BCUT2D eigenvalue weighted by Gasteiger charge is -2.06. The normalized spacial score (nSPS) is 10.6. The molecule has 0 atom stereocenters. The second-order valence-corrected chi connectivity index (χ2v) is 3.79. The average Bonchev–Trinajstić information content (AvgIpc) is 2.77. The molecule has 0 radical (unpaired) electrons. The molecule has 2 N–H and O–H groups in total. The van der Waals surface area contributed by atoms with E-state index in [-0.39, 0.29) is 0 Å². The van der Waals surface area contributed by atoms with E-state index in [1.54, 1.807) is 6.20 Å². The first-order valence-corrected chi connectivity index (χ1v) is 5.37. The maximum atomic E-state index is 5.38. The van der Waals surface area contributed by atoms with E-state index in [9.17, 15) is 0 Å². The maximum absolute atomic E-state index is 5.38. The smallest absolute Gasteiger partial charge is 0.160 e. The molecule has 0 fully saturated rings. The van der Waals surface area contributed by atoms with Gasteiger partial charge in [0.15, 0.2) is 5.65 Å². The number of nitrogens with one attached hydrogen (secondary N) is 2. The van der Waals surface area contributed by atoms with Crippen LogP contribution in [0.25, 0.3) is 11.0 Å². The van der Waals surface area contributed by atoms with Crippen LogP contribution in [0.5, 0.6) is 0 Å². The topological polar surface area (TPSA) is 75.7 Å². The van der Waals surface area contributed by atoms with Crippen molar-refractivity contribution in [1.29, 1.82) is 0 Å². The van der Waals surface area contributed by atoms with Crippen LogP contribution in [0.15, 0.2) is 24.7 Å². The van der Waals surface area contributed by atoms with E-state index in [1.807, 2.05) is 6.92 Å². The highest BCUT2D eigenvalue weighted by Gasteiger charge is 2.03. The Morgan fingerprint density at radius 1 is 1.53 bits per heavy atom. The summed E-state index contributed by atoms with van der Waals surface area (Å²) in [5.41, 5.74) is 1.75. The highest BCUT2D eigenvalue weighted by atomic mass is 16.5. The van der Waals surface area contributed by atoms with E-state index >= 15 is 0 Å². The Hall–Kier alpha value is -1.95. The number of rotatable bonds is 6. The van der Waals surface area contributed by atoms with E-state index in [2.05, 4.69) is 32.1 Å². The van der Waals surface area contributed by atoms with Gasteiger partial charge in [-0.1, -0.05) is 12.2 Å². The third-order valence-electron chi connectivity index (χ3n) is 2.14. The van der Waals surface area contributed by atoms with Crippen LogP contribution < -0.4 is 5.32 Å². The third-order valence-corrected chi connectivity index (χ3v) is 2.14. The zero-order chi connectivity index (χ0) is 12.1. The van der Waals surface area contributed by atoms with Gasteiger partial charge < -0.3 is 10.1 Å². The molecule has 0 unspecified atom stereocenters. The van der Waals surface area contributed by atoms with Crippen LogP contribution >= 0.6 is 0 Å². The van der Waals surface area contributed by atoms with Gasteiger partial charge in [0.25, 0.3) is 0 Å². The second kappa shape index (κ2) is 5.40. The van der Waals surface area contributed by atoms with E-state index in [0.717, 1.165) is 22.4 Å².